The predicted molar refractivity (Wildman–Crippen MR) is 117 cm³/mol. The average Bonchev–Trinajstić information content (AvgIpc) is 3.19. The van der Waals surface area contributed by atoms with Gasteiger partial charge in [-0.2, -0.15) is 0 Å². The summed E-state index contributed by atoms with van der Waals surface area (Å²) in [4.78, 5) is 7.27. The second-order valence-electron chi connectivity index (χ2n) is 8.46. The fourth-order valence-corrected chi connectivity index (χ4v) is 4.10. The standard InChI is InChI=1S/C23H38N4O/c1-4-24-23(25-16-19-11-13-27(3)14-12-19)26-17-20-10-9-18(2)15-22(20)28-21-7-5-6-8-21/h9-10,15,19,21H,4-8,11-14,16-17H2,1-3H3,(H2,24,25,26). The Morgan fingerprint density at radius 2 is 1.89 bits per heavy atom. The van der Waals surface area contributed by atoms with Crippen LogP contribution < -0.4 is 15.4 Å². The molecule has 5 heteroatoms. The number of benzene rings is 1. The van der Waals surface area contributed by atoms with Gasteiger partial charge in [0.25, 0.3) is 0 Å². The highest BCUT2D eigenvalue weighted by atomic mass is 16.5. The van der Waals surface area contributed by atoms with Crippen LogP contribution in [0.1, 0.15) is 56.6 Å². The van der Waals surface area contributed by atoms with Gasteiger partial charge in [0.1, 0.15) is 5.75 Å². The van der Waals surface area contributed by atoms with E-state index in [0.29, 0.717) is 12.6 Å². The van der Waals surface area contributed by atoms with Gasteiger partial charge in [0.2, 0.25) is 0 Å². The van der Waals surface area contributed by atoms with Crippen LogP contribution in [0.3, 0.4) is 0 Å². The molecule has 1 heterocycles. The van der Waals surface area contributed by atoms with E-state index >= 15 is 0 Å². The topological polar surface area (TPSA) is 48.9 Å². The van der Waals surface area contributed by atoms with Crippen LogP contribution in [0.2, 0.25) is 0 Å². The summed E-state index contributed by atoms with van der Waals surface area (Å²) in [7, 11) is 2.21. The van der Waals surface area contributed by atoms with Crippen molar-refractivity contribution in [2.24, 2.45) is 10.9 Å². The molecule has 2 fully saturated rings. The average molecular weight is 387 g/mol. The third-order valence-electron chi connectivity index (χ3n) is 5.97. The van der Waals surface area contributed by atoms with Gasteiger partial charge in [0, 0.05) is 18.7 Å². The fourth-order valence-electron chi connectivity index (χ4n) is 4.10. The second-order valence-corrected chi connectivity index (χ2v) is 8.46. The molecule has 156 valence electrons. The van der Waals surface area contributed by atoms with Crippen LogP contribution in [0.15, 0.2) is 23.2 Å². The monoisotopic (exact) mass is 386 g/mol. The number of aryl methyl sites for hydroxylation is 1. The van der Waals surface area contributed by atoms with Crippen LogP contribution in [-0.2, 0) is 6.54 Å². The summed E-state index contributed by atoms with van der Waals surface area (Å²) < 4.78 is 6.33. The maximum Gasteiger partial charge on any atom is 0.191 e. The van der Waals surface area contributed by atoms with Crippen LogP contribution in [0.4, 0.5) is 0 Å². The molecule has 5 nitrogen and oxygen atoms in total. The summed E-state index contributed by atoms with van der Waals surface area (Å²) in [5.74, 6) is 2.66. The van der Waals surface area contributed by atoms with Crippen LogP contribution in [0.25, 0.3) is 0 Å². The number of aliphatic imine (C=N–C) groups is 1. The Hall–Kier alpha value is -1.75. The zero-order valence-electron chi connectivity index (χ0n) is 18.0. The molecule has 0 aromatic heterocycles. The number of hydrogen-bond donors (Lipinski definition) is 2. The van der Waals surface area contributed by atoms with E-state index < -0.39 is 0 Å². The molecule has 28 heavy (non-hydrogen) atoms. The number of hydrogen-bond acceptors (Lipinski definition) is 3. The minimum absolute atomic E-state index is 0.375. The summed E-state index contributed by atoms with van der Waals surface area (Å²) >= 11 is 0. The summed E-state index contributed by atoms with van der Waals surface area (Å²) in [6.45, 7) is 9.16. The highest BCUT2D eigenvalue weighted by Crippen LogP contribution is 2.28. The number of nitrogens with one attached hydrogen (secondary N) is 2. The largest absolute Gasteiger partial charge is 0.490 e. The van der Waals surface area contributed by atoms with Gasteiger partial charge in [0.15, 0.2) is 5.96 Å². The molecular formula is C23H38N4O. The molecule has 0 bridgehead atoms. The number of likely N-dealkylation sites (tertiary alicyclic amines) is 1. The molecule has 1 aliphatic carbocycles. The smallest absolute Gasteiger partial charge is 0.191 e. The van der Waals surface area contributed by atoms with Crippen molar-refractivity contribution < 1.29 is 4.74 Å². The van der Waals surface area contributed by atoms with Gasteiger partial charge in [-0.1, -0.05) is 12.1 Å². The molecule has 1 saturated heterocycles. The molecule has 0 spiro atoms. The SMILES string of the molecule is CCNC(=NCc1ccc(C)cc1OC1CCCC1)NCC1CCN(C)CC1. The van der Waals surface area contributed by atoms with E-state index in [1.54, 1.807) is 0 Å². The number of rotatable bonds is 7. The highest BCUT2D eigenvalue weighted by Gasteiger charge is 2.19. The van der Waals surface area contributed by atoms with Gasteiger partial charge in [-0.05, 0) is 90.1 Å². The Bertz CT molecular complexity index is 631. The van der Waals surface area contributed by atoms with Gasteiger partial charge in [-0.15, -0.1) is 0 Å². The first-order chi connectivity index (χ1) is 13.6. The molecule has 0 amide bonds. The summed E-state index contributed by atoms with van der Waals surface area (Å²) in [6.07, 6.45) is 7.83. The van der Waals surface area contributed by atoms with Crippen molar-refractivity contribution in [3.63, 3.8) is 0 Å². The van der Waals surface area contributed by atoms with Crippen LogP contribution in [0, 0.1) is 12.8 Å². The van der Waals surface area contributed by atoms with Crippen molar-refractivity contribution >= 4 is 5.96 Å². The van der Waals surface area contributed by atoms with Crippen molar-refractivity contribution in [2.45, 2.75) is 65.0 Å². The van der Waals surface area contributed by atoms with Crippen LogP contribution in [-0.4, -0.2) is 50.2 Å². The lowest BCUT2D eigenvalue weighted by molar-refractivity contribution is 0.208. The van der Waals surface area contributed by atoms with E-state index in [1.165, 1.54) is 62.7 Å². The van der Waals surface area contributed by atoms with Gasteiger partial charge in [-0.25, -0.2) is 4.99 Å². The Morgan fingerprint density at radius 1 is 1.14 bits per heavy atom. The molecule has 1 aromatic rings. The molecule has 1 saturated carbocycles. The molecule has 2 N–H and O–H groups in total. The van der Waals surface area contributed by atoms with Crippen molar-refractivity contribution in [1.82, 2.24) is 15.5 Å². The second kappa shape index (κ2) is 10.7. The van der Waals surface area contributed by atoms with Gasteiger partial charge < -0.3 is 20.3 Å². The molecule has 3 rings (SSSR count). The third kappa shape index (κ3) is 6.40. The number of ether oxygens (including phenoxy) is 1. The van der Waals surface area contributed by atoms with E-state index in [0.717, 1.165) is 30.7 Å². The minimum Gasteiger partial charge on any atom is -0.490 e. The van der Waals surface area contributed by atoms with Crippen molar-refractivity contribution in [1.29, 1.82) is 0 Å². The summed E-state index contributed by atoms with van der Waals surface area (Å²) in [5, 5.41) is 6.95. The Labute approximate surface area is 170 Å². The predicted octanol–water partition coefficient (Wildman–Crippen LogP) is 3.71. The van der Waals surface area contributed by atoms with E-state index in [2.05, 4.69) is 54.6 Å². The maximum atomic E-state index is 6.33. The molecular weight excluding hydrogens is 348 g/mol. The van der Waals surface area contributed by atoms with Crippen LogP contribution >= 0.6 is 0 Å². The molecule has 1 aliphatic heterocycles. The van der Waals surface area contributed by atoms with E-state index in [4.69, 9.17) is 9.73 Å². The lowest BCUT2D eigenvalue weighted by Crippen LogP contribution is -2.42. The number of guanidine groups is 1. The number of piperidine rings is 1. The Kier molecular flexibility index (Phi) is 8.01. The van der Waals surface area contributed by atoms with Crippen molar-refractivity contribution in [3.8, 4) is 5.75 Å². The van der Waals surface area contributed by atoms with E-state index in [9.17, 15) is 0 Å². The fraction of sp³-hybridized carbons (Fsp3) is 0.696. The maximum absolute atomic E-state index is 6.33. The lowest BCUT2D eigenvalue weighted by Gasteiger charge is -2.29. The van der Waals surface area contributed by atoms with E-state index in [1.807, 2.05) is 0 Å². The molecule has 0 radical (unpaired) electrons. The van der Waals surface area contributed by atoms with Crippen molar-refractivity contribution in [2.75, 3.05) is 33.2 Å². The molecule has 1 aromatic carbocycles. The summed E-state index contributed by atoms with van der Waals surface area (Å²) in [6, 6.07) is 6.50. The first-order valence-corrected chi connectivity index (χ1v) is 11.1. The zero-order valence-corrected chi connectivity index (χ0v) is 18.0. The van der Waals surface area contributed by atoms with Gasteiger partial charge in [-0.3, -0.25) is 0 Å². The first-order valence-electron chi connectivity index (χ1n) is 11.1. The zero-order chi connectivity index (χ0) is 19.8. The van der Waals surface area contributed by atoms with Gasteiger partial charge >= 0.3 is 0 Å². The number of nitrogens with zero attached hydrogens (tertiary/aromatic N) is 2. The Balaban J connectivity index is 1.60. The van der Waals surface area contributed by atoms with E-state index in [-0.39, 0.29) is 0 Å². The Morgan fingerprint density at radius 3 is 2.61 bits per heavy atom. The highest BCUT2D eigenvalue weighted by molar-refractivity contribution is 5.79. The normalized spacial score (nSPS) is 19.8. The molecule has 2 aliphatic rings. The summed E-state index contributed by atoms with van der Waals surface area (Å²) in [5.41, 5.74) is 2.42. The van der Waals surface area contributed by atoms with Crippen molar-refractivity contribution in [3.05, 3.63) is 29.3 Å². The third-order valence-corrected chi connectivity index (χ3v) is 5.97. The van der Waals surface area contributed by atoms with Gasteiger partial charge in [0.05, 0.1) is 12.6 Å². The quantitative estimate of drug-likeness (QED) is 0.554. The minimum atomic E-state index is 0.375. The molecule has 0 unspecified atom stereocenters. The molecule has 0 atom stereocenters. The lowest BCUT2D eigenvalue weighted by atomic mass is 9.97. The van der Waals surface area contributed by atoms with Crippen LogP contribution in [0.5, 0.6) is 5.75 Å². The first kappa shape index (κ1) is 21.0.